The first-order valence-electron chi connectivity index (χ1n) is 4.77. The fourth-order valence-electron chi connectivity index (χ4n) is 1.07. The smallest absolute Gasteiger partial charge is 0.0727 e. The van der Waals surface area contributed by atoms with Gasteiger partial charge in [0.1, 0.15) is 0 Å². The third-order valence-electron chi connectivity index (χ3n) is 1.89. The van der Waals surface area contributed by atoms with Crippen LogP contribution in [0.2, 0.25) is 0 Å². The lowest BCUT2D eigenvalue weighted by molar-refractivity contribution is 0.215. The molecule has 0 radical (unpaired) electrons. The molecule has 0 aliphatic heterocycles. The van der Waals surface area contributed by atoms with Gasteiger partial charge in [0.15, 0.2) is 0 Å². The molecular formula is C13H13BrO. The summed E-state index contributed by atoms with van der Waals surface area (Å²) in [6, 6.07) is 7.85. The molecule has 0 fully saturated rings. The van der Waals surface area contributed by atoms with E-state index in [4.69, 9.17) is 0 Å². The van der Waals surface area contributed by atoms with Gasteiger partial charge in [-0.2, -0.15) is 0 Å². The minimum absolute atomic E-state index is 0.443. The first-order chi connectivity index (χ1) is 7.22. The Hall–Kier alpha value is -1.04. The zero-order valence-corrected chi connectivity index (χ0v) is 10.00. The molecule has 0 aromatic heterocycles. The van der Waals surface area contributed by atoms with Crippen LogP contribution in [0, 0.1) is 11.8 Å². The monoisotopic (exact) mass is 264 g/mol. The zero-order valence-electron chi connectivity index (χ0n) is 8.41. The Labute approximate surface area is 99.0 Å². The van der Waals surface area contributed by atoms with Gasteiger partial charge in [-0.05, 0) is 24.6 Å². The van der Waals surface area contributed by atoms with E-state index in [1.807, 2.05) is 24.3 Å². The van der Waals surface area contributed by atoms with Gasteiger partial charge in [-0.1, -0.05) is 39.9 Å². The van der Waals surface area contributed by atoms with Crippen molar-refractivity contribution in [3.05, 3.63) is 47.0 Å². The van der Waals surface area contributed by atoms with E-state index in [0.717, 1.165) is 10.0 Å². The van der Waals surface area contributed by atoms with Gasteiger partial charge in [-0.3, -0.25) is 0 Å². The summed E-state index contributed by atoms with van der Waals surface area (Å²) < 4.78 is 1.03. The lowest BCUT2D eigenvalue weighted by Gasteiger charge is -1.98. The van der Waals surface area contributed by atoms with Gasteiger partial charge in [0.25, 0.3) is 0 Å². The molecule has 1 aromatic rings. The van der Waals surface area contributed by atoms with Crippen LogP contribution in [0.4, 0.5) is 0 Å². The van der Waals surface area contributed by atoms with Crippen LogP contribution in [0.5, 0.6) is 0 Å². The number of aliphatic hydroxyl groups is 1. The maximum Gasteiger partial charge on any atom is 0.0727 e. The molecule has 0 aliphatic rings. The van der Waals surface area contributed by atoms with E-state index < -0.39 is 6.10 Å². The Morgan fingerprint density at radius 1 is 1.53 bits per heavy atom. The van der Waals surface area contributed by atoms with Crippen molar-refractivity contribution < 1.29 is 5.11 Å². The highest BCUT2D eigenvalue weighted by molar-refractivity contribution is 9.10. The van der Waals surface area contributed by atoms with E-state index in [1.54, 1.807) is 0 Å². The van der Waals surface area contributed by atoms with Crippen LogP contribution in [0.15, 0.2) is 41.4 Å². The van der Waals surface area contributed by atoms with Crippen molar-refractivity contribution in [2.75, 3.05) is 0 Å². The molecule has 0 aliphatic carbocycles. The highest BCUT2D eigenvalue weighted by Gasteiger charge is 1.94. The molecule has 0 heterocycles. The van der Waals surface area contributed by atoms with Gasteiger partial charge in [0.05, 0.1) is 6.10 Å². The third kappa shape index (κ3) is 4.83. The fraction of sp³-hybridized carbons (Fsp3) is 0.231. The van der Waals surface area contributed by atoms with Crippen molar-refractivity contribution in [1.82, 2.24) is 0 Å². The predicted molar refractivity (Wildman–Crippen MR) is 66.5 cm³/mol. The Balaban J connectivity index is 2.48. The van der Waals surface area contributed by atoms with Crippen molar-refractivity contribution in [2.24, 2.45) is 0 Å². The Morgan fingerprint density at radius 2 is 2.33 bits per heavy atom. The van der Waals surface area contributed by atoms with Crippen LogP contribution in [0.1, 0.15) is 18.4 Å². The van der Waals surface area contributed by atoms with Gasteiger partial charge in [-0.15, -0.1) is 6.58 Å². The summed E-state index contributed by atoms with van der Waals surface area (Å²) in [5.74, 6) is 6.06. The predicted octanol–water partition coefficient (Wildman–Crippen LogP) is 3.13. The second-order valence-electron chi connectivity index (χ2n) is 3.15. The van der Waals surface area contributed by atoms with Gasteiger partial charge >= 0.3 is 0 Å². The van der Waals surface area contributed by atoms with Gasteiger partial charge in [0.2, 0.25) is 0 Å². The number of hydrogen-bond donors (Lipinski definition) is 1. The average Bonchev–Trinajstić information content (AvgIpc) is 2.24. The summed E-state index contributed by atoms with van der Waals surface area (Å²) in [7, 11) is 0. The molecule has 0 amide bonds. The van der Waals surface area contributed by atoms with Crippen LogP contribution < -0.4 is 0 Å². The third-order valence-corrected chi connectivity index (χ3v) is 2.39. The van der Waals surface area contributed by atoms with E-state index in [0.29, 0.717) is 12.8 Å². The van der Waals surface area contributed by atoms with Crippen molar-refractivity contribution in [3.8, 4) is 11.8 Å². The van der Waals surface area contributed by atoms with Gasteiger partial charge in [-0.25, -0.2) is 0 Å². The minimum Gasteiger partial charge on any atom is -0.389 e. The van der Waals surface area contributed by atoms with Crippen molar-refractivity contribution >= 4 is 15.9 Å². The minimum atomic E-state index is -0.443. The van der Waals surface area contributed by atoms with Crippen LogP contribution in [0.25, 0.3) is 0 Å². The molecule has 1 rings (SSSR count). The number of rotatable bonds is 3. The molecule has 0 saturated carbocycles. The van der Waals surface area contributed by atoms with E-state index in [2.05, 4.69) is 34.3 Å². The van der Waals surface area contributed by atoms with E-state index in [-0.39, 0.29) is 0 Å². The summed E-state index contributed by atoms with van der Waals surface area (Å²) in [6.45, 7) is 3.50. The first-order valence-corrected chi connectivity index (χ1v) is 5.56. The molecule has 0 unspecified atom stereocenters. The van der Waals surface area contributed by atoms with Gasteiger partial charge < -0.3 is 5.11 Å². The summed E-state index contributed by atoms with van der Waals surface area (Å²) in [4.78, 5) is 0. The normalized spacial score (nSPS) is 11.3. The Kier molecular flexibility index (Phi) is 5.17. The number of hydrogen-bond acceptors (Lipinski definition) is 1. The van der Waals surface area contributed by atoms with E-state index in [9.17, 15) is 5.11 Å². The largest absolute Gasteiger partial charge is 0.389 e. The fourth-order valence-corrected chi connectivity index (χ4v) is 1.47. The zero-order chi connectivity index (χ0) is 11.1. The quantitative estimate of drug-likeness (QED) is 0.657. The van der Waals surface area contributed by atoms with Crippen molar-refractivity contribution in [1.29, 1.82) is 0 Å². The summed E-state index contributed by atoms with van der Waals surface area (Å²) in [5, 5.41) is 9.21. The lowest BCUT2D eigenvalue weighted by atomic mass is 10.2. The summed E-state index contributed by atoms with van der Waals surface area (Å²) in [5.41, 5.74) is 0.984. The van der Waals surface area contributed by atoms with E-state index in [1.165, 1.54) is 6.08 Å². The topological polar surface area (TPSA) is 20.2 Å². The second-order valence-corrected chi connectivity index (χ2v) is 4.07. The molecule has 0 spiro atoms. The Bertz CT molecular complexity index is 387. The first kappa shape index (κ1) is 12.0. The maximum atomic E-state index is 9.21. The summed E-state index contributed by atoms with van der Waals surface area (Å²) >= 11 is 3.38. The number of benzene rings is 1. The summed E-state index contributed by atoms with van der Waals surface area (Å²) in [6.07, 6.45) is 2.41. The standard InChI is InChI=1S/C13H13BrO/c1-2-13(15)9-4-3-6-11-7-5-8-12(14)10-11/h2,5,7-8,10,13,15H,1,4,9H2/t13-/m1/s1. The number of halogens is 1. The maximum absolute atomic E-state index is 9.21. The molecule has 1 atom stereocenters. The van der Waals surface area contributed by atoms with E-state index >= 15 is 0 Å². The molecule has 2 heteroatoms. The number of aliphatic hydroxyl groups excluding tert-OH is 1. The van der Waals surface area contributed by atoms with Gasteiger partial charge in [0, 0.05) is 16.5 Å². The van der Waals surface area contributed by atoms with Crippen LogP contribution >= 0.6 is 15.9 Å². The molecule has 1 aromatic carbocycles. The average molecular weight is 265 g/mol. The highest BCUT2D eigenvalue weighted by Crippen LogP contribution is 2.10. The van der Waals surface area contributed by atoms with Crippen molar-refractivity contribution in [3.63, 3.8) is 0 Å². The molecule has 15 heavy (non-hydrogen) atoms. The van der Waals surface area contributed by atoms with Crippen LogP contribution in [-0.4, -0.2) is 11.2 Å². The van der Waals surface area contributed by atoms with Crippen LogP contribution in [-0.2, 0) is 0 Å². The molecule has 0 saturated heterocycles. The Morgan fingerprint density at radius 3 is 3.00 bits per heavy atom. The molecule has 78 valence electrons. The highest BCUT2D eigenvalue weighted by atomic mass is 79.9. The second kappa shape index (κ2) is 6.44. The molecule has 0 bridgehead atoms. The van der Waals surface area contributed by atoms with Crippen LogP contribution in [0.3, 0.4) is 0 Å². The molecular weight excluding hydrogens is 252 g/mol. The SMILES string of the molecule is C=C[C@@H](O)CCC#Cc1cccc(Br)c1. The lowest BCUT2D eigenvalue weighted by Crippen LogP contribution is -1.99. The molecule has 1 N–H and O–H groups in total. The molecule has 1 nitrogen and oxygen atoms in total. The van der Waals surface area contributed by atoms with Crippen molar-refractivity contribution in [2.45, 2.75) is 18.9 Å².